The van der Waals surface area contributed by atoms with Crippen molar-refractivity contribution in [3.05, 3.63) is 35.9 Å². The number of hydrogen-bond donors (Lipinski definition) is 0. The first-order chi connectivity index (χ1) is 10.8. The third-order valence-electron chi connectivity index (χ3n) is 3.45. The van der Waals surface area contributed by atoms with Gasteiger partial charge >= 0.3 is 0 Å². The second kappa shape index (κ2) is 10.9. The fraction of sp³-hybridized carbons (Fsp3) is 0.474. The Morgan fingerprint density at radius 1 is 1.00 bits per heavy atom. The normalized spacial score (nSPS) is 10.9. The summed E-state index contributed by atoms with van der Waals surface area (Å²) >= 11 is 0. The predicted molar refractivity (Wildman–Crippen MR) is 89.5 cm³/mol. The van der Waals surface area contributed by atoms with Crippen LogP contribution in [0.15, 0.2) is 30.3 Å². The van der Waals surface area contributed by atoms with E-state index in [-0.39, 0.29) is 0 Å². The minimum atomic E-state index is 0.316. The molecule has 0 saturated heterocycles. The number of nitrogens with zero attached hydrogens (tertiary/aromatic N) is 1. The highest BCUT2D eigenvalue weighted by molar-refractivity contribution is 5.13. The molecule has 118 valence electrons. The summed E-state index contributed by atoms with van der Waals surface area (Å²) in [4.78, 5) is 0. The summed E-state index contributed by atoms with van der Waals surface area (Å²) in [5.41, 5.74) is 1.26. The van der Waals surface area contributed by atoms with Crippen LogP contribution in [0.5, 0.6) is 0 Å². The SMILES string of the molecule is C#CCOC[N+](CCCC)(COCC#C)Cc1ccccc1. The van der Waals surface area contributed by atoms with Crippen LogP contribution in [0.1, 0.15) is 25.3 Å². The van der Waals surface area contributed by atoms with Crippen LogP contribution in [0.4, 0.5) is 0 Å². The third-order valence-corrected chi connectivity index (χ3v) is 3.45. The molecular weight excluding hydrogens is 274 g/mol. The molecule has 0 heterocycles. The summed E-state index contributed by atoms with van der Waals surface area (Å²) in [5.74, 6) is 5.04. The van der Waals surface area contributed by atoms with Gasteiger partial charge in [-0.2, -0.15) is 0 Å². The number of quaternary nitrogens is 1. The number of terminal acetylenes is 2. The van der Waals surface area contributed by atoms with Crippen molar-refractivity contribution in [1.29, 1.82) is 0 Å². The van der Waals surface area contributed by atoms with Crippen LogP contribution >= 0.6 is 0 Å². The lowest BCUT2D eigenvalue weighted by molar-refractivity contribution is -0.974. The lowest BCUT2D eigenvalue weighted by Crippen LogP contribution is -2.51. The van der Waals surface area contributed by atoms with E-state index in [4.69, 9.17) is 22.3 Å². The molecule has 3 heteroatoms. The Kier molecular flexibility index (Phi) is 9.03. The van der Waals surface area contributed by atoms with Crippen molar-refractivity contribution in [1.82, 2.24) is 0 Å². The minimum Gasteiger partial charge on any atom is -0.319 e. The van der Waals surface area contributed by atoms with Gasteiger partial charge in [-0.1, -0.05) is 55.5 Å². The van der Waals surface area contributed by atoms with Crippen LogP contribution in [-0.4, -0.2) is 37.7 Å². The summed E-state index contributed by atoms with van der Waals surface area (Å²) in [7, 11) is 0. The molecule has 0 saturated carbocycles. The van der Waals surface area contributed by atoms with Gasteiger partial charge in [-0.25, -0.2) is 0 Å². The fourth-order valence-corrected chi connectivity index (χ4v) is 2.40. The van der Waals surface area contributed by atoms with E-state index in [2.05, 4.69) is 43.0 Å². The van der Waals surface area contributed by atoms with E-state index in [1.807, 2.05) is 6.07 Å². The first-order valence-electron chi connectivity index (χ1n) is 7.68. The molecule has 0 spiro atoms. The second-order valence-corrected chi connectivity index (χ2v) is 5.43. The topological polar surface area (TPSA) is 18.5 Å². The van der Waals surface area contributed by atoms with Crippen molar-refractivity contribution in [2.24, 2.45) is 0 Å². The Balaban J connectivity index is 2.84. The van der Waals surface area contributed by atoms with Gasteiger partial charge in [0.05, 0.1) is 6.54 Å². The van der Waals surface area contributed by atoms with Crippen molar-refractivity contribution in [2.75, 3.05) is 33.2 Å². The van der Waals surface area contributed by atoms with Gasteiger partial charge in [-0.05, 0) is 6.42 Å². The maximum absolute atomic E-state index is 5.65. The largest absolute Gasteiger partial charge is 0.319 e. The van der Waals surface area contributed by atoms with Crippen LogP contribution < -0.4 is 0 Å². The molecule has 0 radical (unpaired) electrons. The highest BCUT2D eigenvalue weighted by Crippen LogP contribution is 2.17. The zero-order valence-electron chi connectivity index (χ0n) is 13.5. The fourth-order valence-electron chi connectivity index (χ4n) is 2.40. The Morgan fingerprint density at radius 3 is 2.09 bits per heavy atom. The van der Waals surface area contributed by atoms with Crippen molar-refractivity contribution >= 4 is 0 Å². The van der Waals surface area contributed by atoms with E-state index < -0.39 is 0 Å². The van der Waals surface area contributed by atoms with Gasteiger partial charge < -0.3 is 9.47 Å². The van der Waals surface area contributed by atoms with Gasteiger partial charge in [0.25, 0.3) is 0 Å². The number of benzene rings is 1. The van der Waals surface area contributed by atoms with E-state index in [9.17, 15) is 0 Å². The second-order valence-electron chi connectivity index (χ2n) is 5.43. The standard InChI is InChI=1S/C19H26NO2/c1-4-7-13-20(17-21-14-5-2,18-22-15-6-3)16-19-11-9-8-10-12-19/h2-3,8-12H,4,7,13-18H2,1H3/q+1. The molecule has 0 bridgehead atoms. The van der Waals surface area contributed by atoms with Gasteiger partial charge in [0.2, 0.25) is 0 Å². The molecule has 22 heavy (non-hydrogen) atoms. The Hall–Kier alpha value is -1.78. The van der Waals surface area contributed by atoms with Crippen LogP contribution in [0.3, 0.4) is 0 Å². The van der Waals surface area contributed by atoms with E-state index in [1.54, 1.807) is 0 Å². The lowest BCUT2D eigenvalue weighted by Gasteiger charge is -2.37. The summed E-state index contributed by atoms with van der Waals surface area (Å²) in [5, 5.41) is 0. The van der Waals surface area contributed by atoms with Crippen LogP contribution in [-0.2, 0) is 16.0 Å². The molecule has 0 aliphatic carbocycles. The Morgan fingerprint density at radius 2 is 1.59 bits per heavy atom. The van der Waals surface area contributed by atoms with E-state index >= 15 is 0 Å². The smallest absolute Gasteiger partial charge is 0.186 e. The lowest BCUT2D eigenvalue weighted by atomic mass is 10.2. The van der Waals surface area contributed by atoms with Gasteiger partial charge in [0.1, 0.15) is 19.8 Å². The quantitative estimate of drug-likeness (QED) is 0.271. The number of hydrogen-bond acceptors (Lipinski definition) is 2. The molecule has 1 rings (SSSR count). The molecule has 3 nitrogen and oxygen atoms in total. The van der Waals surface area contributed by atoms with E-state index in [0.29, 0.717) is 31.2 Å². The van der Waals surface area contributed by atoms with Gasteiger partial charge in [-0.3, -0.25) is 4.48 Å². The summed E-state index contributed by atoms with van der Waals surface area (Å²) in [6, 6.07) is 10.4. The number of ether oxygens (including phenoxy) is 2. The highest BCUT2D eigenvalue weighted by Gasteiger charge is 2.28. The van der Waals surface area contributed by atoms with Gasteiger partial charge in [0.15, 0.2) is 13.5 Å². The Labute approximate surface area is 134 Å². The van der Waals surface area contributed by atoms with Crippen LogP contribution in [0.2, 0.25) is 0 Å². The zero-order valence-corrected chi connectivity index (χ0v) is 13.5. The Bertz CT molecular complexity index is 464. The molecule has 1 aromatic rings. The van der Waals surface area contributed by atoms with Crippen molar-refractivity contribution in [3.8, 4) is 24.7 Å². The number of unbranched alkanes of at least 4 members (excludes halogenated alkanes) is 1. The van der Waals surface area contributed by atoms with Crippen molar-refractivity contribution in [3.63, 3.8) is 0 Å². The summed E-state index contributed by atoms with van der Waals surface area (Å²) in [6.45, 7) is 5.69. The van der Waals surface area contributed by atoms with E-state index in [1.165, 1.54) is 5.56 Å². The molecule has 0 fully saturated rings. The zero-order chi connectivity index (χ0) is 16.1. The first-order valence-corrected chi connectivity index (χ1v) is 7.68. The molecule has 0 amide bonds. The molecule has 0 unspecified atom stereocenters. The monoisotopic (exact) mass is 300 g/mol. The third kappa shape index (κ3) is 6.78. The molecule has 0 N–H and O–H groups in total. The maximum Gasteiger partial charge on any atom is 0.186 e. The van der Waals surface area contributed by atoms with Crippen molar-refractivity contribution in [2.45, 2.75) is 26.3 Å². The molecule has 0 aromatic heterocycles. The van der Waals surface area contributed by atoms with Gasteiger partial charge in [0, 0.05) is 5.56 Å². The minimum absolute atomic E-state index is 0.316. The average Bonchev–Trinajstić information content (AvgIpc) is 2.54. The predicted octanol–water partition coefficient (Wildman–Crippen LogP) is 3.02. The van der Waals surface area contributed by atoms with Gasteiger partial charge in [-0.15, -0.1) is 12.8 Å². The molecule has 0 aliphatic rings. The molecule has 0 aliphatic heterocycles. The molecular formula is C19H26NO2+. The van der Waals surface area contributed by atoms with Crippen LogP contribution in [0, 0.1) is 24.7 Å². The number of rotatable bonds is 11. The molecule has 0 atom stereocenters. The maximum atomic E-state index is 5.65. The summed E-state index contributed by atoms with van der Waals surface area (Å²) in [6.07, 6.45) is 12.8. The highest BCUT2D eigenvalue weighted by atomic mass is 16.5. The first kappa shape index (κ1) is 18.3. The van der Waals surface area contributed by atoms with Crippen molar-refractivity contribution < 1.29 is 14.0 Å². The average molecular weight is 300 g/mol. The summed E-state index contributed by atoms with van der Waals surface area (Å²) < 4.78 is 12.0. The van der Waals surface area contributed by atoms with Crippen LogP contribution in [0.25, 0.3) is 0 Å². The molecule has 1 aromatic carbocycles. The van der Waals surface area contributed by atoms with E-state index in [0.717, 1.165) is 25.9 Å².